The van der Waals surface area contributed by atoms with E-state index in [1.54, 1.807) is 14.2 Å². The van der Waals surface area contributed by atoms with E-state index in [1.165, 1.54) is 0 Å². The second-order valence-corrected chi connectivity index (χ2v) is 18.3. The van der Waals surface area contributed by atoms with Crippen LogP contribution in [-0.2, 0) is 17.8 Å². The van der Waals surface area contributed by atoms with Crippen molar-refractivity contribution in [3.8, 4) is 11.5 Å². The number of rotatable bonds is 10. The number of ketones is 1. The molecule has 4 aromatic rings. The van der Waals surface area contributed by atoms with E-state index in [0.29, 0.717) is 36.4 Å². The molecule has 4 aromatic carbocycles. The first-order chi connectivity index (χ1) is 27.4. The first kappa shape index (κ1) is 37.8. The van der Waals surface area contributed by atoms with Crippen molar-refractivity contribution >= 4 is 22.5 Å². The zero-order valence-corrected chi connectivity index (χ0v) is 33.7. The number of amides is 1. The van der Waals surface area contributed by atoms with Crippen LogP contribution in [0.5, 0.6) is 11.5 Å². The van der Waals surface area contributed by atoms with Gasteiger partial charge in [0.15, 0.2) is 17.3 Å². The molecule has 10 rings (SSSR count). The fraction of sp³-hybridized carbons (Fsp3) is 0.440. The lowest BCUT2D eigenvalue weighted by Crippen LogP contribution is -2.67. The molecule has 2 N–H and O–H groups in total. The van der Waals surface area contributed by atoms with Crippen LogP contribution in [0.1, 0.15) is 80.3 Å². The SMILES string of the molecule is COc1ccc(CC(=O)N(Cc2cccc3ccccc23)C[C@]2(O)CC[C@H]3[C@]45C=C[C@@]6(C=C4C(=O)c4ccccc4)CC(O)CC[C@]6(C)[C@H]5CC[C@@]32C)cc1OC. The summed E-state index contributed by atoms with van der Waals surface area (Å²) in [6, 6.07) is 29.7. The van der Waals surface area contributed by atoms with E-state index in [4.69, 9.17) is 9.47 Å². The van der Waals surface area contributed by atoms with Gasteiger partial charge < -0.3 is 24.6 Å². The largest absolute Gasteiger partial charge is 0.493 e. The summed E-state index contributed by atoms with van der Waals surface area (Å²) in [5.41, 5.74) is 0.453. The maximum atomic E-state index is 14.9. The molecule has 6 aliphatic rings. The van der Waals surface area contributed by atoms with E-state index in [9.17, 15) is 19.8 Å². The number of carbonyl (C=O) groups excluding carboxylic acids is 2. The number of Topliss-reactive ketones (excluding diaryl/α,β-unsaturated/α-hetero) is 1. The van der Waals surface area contributed by atoms with Gasteiger partial charge in [0.2, 0.25) is 5.91 Å². The van der Waals surface area contributed by atoms with E-state index >= 15 is 0 Å². The molecule has 0 radical (unpaired) electrons. The third-order valence-electron chi connectivity index (χ3n) is 15.8. The van der Waals surface area contributed by atoms with Gasteiger partial charge in [0.1, 0.15) is 0 Å². The van der Waals surface area contributed by atoms with Crippen molar-refractivity contribution in [1.82, 2.24) is 4.90 Å². The summed E-state index contributed by atoms with van der Waals surface area (Å²) in [5, 5.41) is 26.6. The maximum Gasteiger partial charge on any atom is 0.227 e. The van der Waals surface area contributed by atoms with Crippen LogP contribution in [0.4, 0.5) is 0 Å². The Hall–Kier alpha value is -4.72. The third-order valence-corrected chi connectivity index (χ3v) is 15.8. The minimum Gasteiger partial charge on any atom is -0.493 e. The van der Waals surface area contributed by atoms with Gasteiger partial charge >= 0.3 is 0 Å². The van der Waals surface area contributed by atoms with Crippen molar-refractivity contribution in [2.24, 2.45) is 33.5 Å². The van der Waals surface area contributed by atoms with Crippen molar-refractivity contribution in [1.29, 1.82) is 0 Å². The summed E-state index contributed by atoms with van der Waals surface area (Å²) in [6.45, 7) is 5.18. The molecule has 7 nitrogen and oxygen atoms in total. The molecule has 2 bridgehead atoms. The first-order valence-corrected chi connectivity index (χ1v) is 20.8. The zero-order chi connectivity index (χ0) is 39.8. The van der Waals surface area contributed by atoms with Crippen LogP contribution < -0.4 is 9.47 Å². The predicted molar refractivity (Wildman–Crippen MR) is 222 cm³/mol. The molecule has 57 heavy (non-hydrogen) atoms. The number of carbonyl (C=O) groups is 2. The predicted octanol–water partition coefficient (Wildman–Crippen LogP) is 8.90. The van der Waals surface area contributed by atoms with Crippen LogP contribution in [0.25, 0.3) is 10.8 Å². The second-order valence-electron chi connectivity index (χ2n) is 18.3. The average Bonchev–Trinajstić information content (AvgIpc) is 3.50. The summed E-state index contributed by atoms with van der Waals surface area (Å²) in [6.07, 6.45) is 11.9. The van der Waals surface area contributed by atoms with Crippen molar-refractivity contribution in [2.45, 2.75) is 83.5 Å². The van der Waals surface area contributed by atoms with Crippen LogP contribution in [0.2, 0.25) is 0 Å². The number of aliphatic hydroxyl groups excluding tert-OH is 1. The lowest BCUT2D eigenvalue weighted by Gasteiger charge is -2.71. The van der Waals surface area contributed by atoms with Crippen molar-refractivity contribution in [3.05, 3.63) is 131 Å². The van der Waals surface area contributed by atoms with E-state index in [2.05, 4.69) is 56.3 Å². The number of fused-ring (bicyclic) bond motifs is 2. The minimum absolute atomic E-state index is 0.0220. The number of aliphatic hydroxyl groups is 2. The molecule has 0 aliphatic heterocycles. The van der Waals surface area contributed by atoms with Gasteiger partial charge in [-0.3, -0.25) is 9.59 Å². The molecule has 6 aliphatic carbocycles. The lowest BCUT2D eigenvalue weighted by molar-refractivity contribution is -0.178. The summed E-state index contributed by atoms with van der Waals surface area (Å²) in [4.78, 5) is 31.5. The van der Waals surface area contributed by atoms with Crippen LogP contribution in [0.15, 0.2) is 115 Å². The average molecular weight is 766 g/mol. The third kappa shape index (κ3) is 5.59. The molecule has 3 saturated carbocycles. The number of hydrogen-bond acceptors (Lipinski definition) is 6. The number of benzene rings is 4. The van der Waals surface area contributed by atoms with E-state index in [1.807, 2.05) is 71.6 Å². The topological polar surface area (TPSA) is 96.3 Å². The highest BCUT2D eigenvalue weighted by Gasteiger charge is 2.74. The Kier molecular flexibility index (Phi) is 9.09. The lowest BCUT2D eigenvalue weighted by atomic mass is 9.32. The van der Waals surface area contributed by atoms with Crippen molar-refractivity contribution in [2.75, 3.05) is 20.8 Å². The summed E-state index contributed by atoms with van der Waals surface area (Å²) in [7, 11) is 3.19. The molecule has 0 saturated heterocycles. The van der Waals surface area contributed by atoms with Crippen LogP contribution in [0, 0.1) is 33.5 Å². The Morgan fingerprint density at radius 3 is 2.28 bits per heavy atom. The molecule has 2 spiro atoms. The number of ether oxygens (including phenoxy) is 2. The minimum atomic E-state index is -1.21. The molecule has 8 atom stereocenters. The molecular weight excluding hydrogens is 711 g/mol. The fourth-order valence-electron chi connectivity index (χ4n) is 12.8. The molecule has 0 heterocycles. The van der Waals surface area contributed by atoms with Gasteiger partial charge in [-0.2, -0.15) is 0 Å². The molecule has 3 fully saturated rings. The Bertz CT molecular complexity index is 2300. The van der Waals surface area contributed by atoms with Crippen LogP contribution >= 0.6 is 0 Å². The van der Waals surface area contributed by atoms with Gasteiger partial charge in [0, 0.05) is 33.9 Å². The molecular formula is C50H55NO6. The Morgan fingerprint density at radius 1 is 0.789 bits per heavy atom. The Morgan fingerprint density at radius 2 is 1.49 bits per heavy atom. The number of methoxy groups -OCH3 is 2. The highest BCUT2D eigenvalue weighted by atomic mass is 16.5. The second kappa shape index (κ2) is 13.7. The van der Waals surface area contributed by atoms with Gasteiger partial charge in [-0.25, -0.2) is 0 Å². The monoisotopic (exact) mass is 765 g/mol. The molecule has 7 heteroatoms. The summed E-state index contributed by atoms with van der Waals surface area (Å²) in [5.74, 6) is 1.31. The number of allylic oxidation sites excluding steroid dienone is 4. The Labute approximate surface area is 336 Å². The van der Waals surface area contributed by atoms with Gasteiger partial charge in [-0.1, -0.05) is 111 Å². The molecule has 296 valence electrons. The van der Waals surface area contributed by atoms with Gasteiger partial charge in [-0.05, 0) is 96.2 Å². The highest BCUT2D eigenvalue weighted by Crippen LogP contribution is 2.78. The maximum absolute atomic E-state index is 14.9. The molecule has 1 amide bonds. The van der Waals surface area contributed by atoms with E-state index < -0.39 is 27.9 Å². The van der Waals surface area contributed by atoms with Gasteiger partial charge in [-0.15, -0.1) is 0 Å². The Balaban J connectivity index is 1.11. The standard InChI is InChI=1S/C50H55NO6/c1-46-22-19-37(52)29-48(46)25-26-50(39(30-48)45(54)35-12-6-5-7-13-35)42(46)20-23-47(2)43(50)21-24-49(47,55)32-51(31-36-15-10-14-34-11-8-9-16-38(34)36)44(53)28-33-17-18-40(56-3)41(27-33)57-4/h5-18,25-27,30,37,42-43,52,55H,19-24,28-29,31-32H2,1-4H3/t37?,42-,43-,46-,47+,48+,49-,50-/m1/s1. The van der Waals surface area contributed by atoms with Gasteiger partial charge in [0.05, 0.1) is 38.9 Å². The molecule has 0 aromatic heterocycles. The van der Waals surface area contributed by atoms with Crippen LogP contribution in [0.3, 0.4) is 0 Å². The summed E-state index contributed by atoms with van der Waals surface area (Å²) < 4.78 is 11.1. The van der Waals surface area contributed by atoms with E-state index in [0.717, 1.165) is 59.6 Å². The highest BCUT2D eigenvalue weighted by molar-refractivity contribution is 6.10. The molecule has 1 unspecified atom stereocenters. The van der Waals surface area contributed by atoms with Crippen LogP contribution in [-0.4, -0.2) is 59.3 Å². The van der Waals surface area contributed by atoms with Gasteiger partial charge in [0.25, 0.3) is 0 Å². The number of nitrogens with zero attached hydrogens (tertiary/aromatic N) is 1. The summed E-state index contributed by atoms with van der Waals surface area (Å²) >= 11 is 0. The zero-order valence-electron chi connectivity index (χ0n) is 33.7. The van der Waals surface area contributed by atoms with Crippen molar-refractivity contribution in [3.63, 3.8) is 0 Å². The smallest absolute Gasteiger partial charge is 0.227 e. The van der Waals surface area contributed by atoms with Crippen molar-refractivity contribution < 1.29 is 29.3 Å². The number of hydrogen-bond donors (Lipinski definition) is 2. The first-order valence-electron chi connectivity index (χ1n) is 20.8. The van der Waals surface area contributed by atoms with E-state index in [-0.39, 0.29) is 41.9 Å². The quantitative estimate of drug-likeness (QED) is 0.124. The fourth-order valence-corrected chi connectivity index (χ4v) is 12.8. The normalized spacial score (nSPS) is 33.5.